The Morgan fingerprint density at radius 3 is 2.42 bits per heavy atom. The van der Waals surface area contributed by atoms with Crippen LogP contribution in [0.25, 0.3) is 11.0 Å². The fraction of sp³-hybridized carbons (Fsp3) is 0.304. The summed E-state index contributed by atoms with van der Waals surface area (Å²) in [4.78, 5) is 40.8. The van der Waals surface area contributed by atoms with E-state index in [4.69, 9.17) is 21.6 Å². The second-order valence-electron chi connectivity index (χ2n) is 7.91. The number of carbonyl (C=O) groups excluding carboxylic acids is 2. The lowest BCUT2D eigenvalue weighted by Crippen LogP contribution is -2.33. The zero-order valence-electron chi connectivity index (χ0n) is 17.2. The van der Waals surface area contributed by atoms with Gasteiger partial charge in [-0.1, -0.05) is 23.7 Å². The van der Waals surface area contributed by atoms with Gasteiger partial charge in [-0.2, -0.15) is 0 Å². The number of nitrogens with zero attached hydrogens (tertiary/aromatic N) is 5. The highest BCUT2D eigenvalue weighted by Gasteiger charge is 2.29. The normalized spacial score (nSPS) is 16.6. The molecule has 1 saturated heterocycles. The number of amides is 2. The molecule has 31 heavy (non-hydrogen) atoms. The summed E-state index contributed by atoms with van der Waals surface area (Å²) >= 11 is 6.38. The van der Waals surface area contributed by atoms with Crippen molar-refractivity contribution in [3.63, 3.8) is 0 Å². The minimum absolute atomic E-state index is 0.0329. The lowest BCUT2D eigenvalue weighted by Gasteiger charge is -2.24. The fourth-order valence-electron chi connectivity index (χ4n) is 4.21. The molecule has 0 aliphatic carbocycles. The third-order valence-electron chi connectivity index (χ3n) is 5.83. The van der Waals surface area contributed by atoms with Crippen LogP contribution in [0.5, 0.6) is 0 Å². The summed E-state index contributed by atoms with van der Waals surface area (Å²) in [6.45, 7) is 1.92. The summed E-state index contributed by atoms with van der Waals surface area (Å²) in [6.07, 6.45) is 2.09. The highest BCUT2D eigenvalue weighted by Crippen LogP contribution is 2.34. The number of halogens is 1. The topological polar surface area (TPSA) is 69.6 Å². The Morgan fingerprint density at radius 2 is 1.71 bits per heavy atom. The molecule has 158 valence electrons. The Bertz CT molecular complexity index is 1200. The van der Waals surface area contributed by atoms with E-state index in [-0.39, 0.29) is 11.8 Å². The van der Waals surface area contributed by atoms with Crippen molar-refractivity contribution in [3.05, 3.63) is 53.1 Å². The molecular formula is C23H22ClN5O2. The van der Waals surface area contributed by atoms with Crippen LogP contribution in [0.15, 0.2) is 42.5 Å². The summed E-state index contributed by atoms with van der Waals surface area (Å²) in [5.74, 6) is 1.10. The summed E-state index contributed by atoms with van der Waals surface area (Å²) in [7, 11) is 1.97. The first-order chi connectivity index (χ1) is 15.0. The molecule has 0 N–H and O–H groups in total. The van der Waals surface area contributed by atoms with E-state index in [1.54, 1.807) is 28.0 Å². The zero-order chi connectivity index (χ0) is 21.5. The van der Waals surface area contributed by atoms with Gasteiger partial charge in [-0.15, -0.1) is 0 Å². The fourth-order valence-corrected chi connectivity index (χ4v) is 4.42. The number of hydrogen-bond acceptors (Lipinski definition) is 5. The Morgan fingerprint density at radius 1 is 0.968 bits per heavy atom. The number of benzene rings is 2. The van der Waals surface area contributed by atoms with Crippen LogP contribution in [0.3, 0.4) is 0 Å². The summed E-state index contributed by atoms with van der Waals surface area (Å²) in [6, 6.07) is 12.8. The van der Waals surface area contributed by atoms with Crippen molar-refractivity contribution in [2.75, 3.05) is 41.4 Å². The highest BCUT2D eigenvalue weighted by atomic mass is 35.5. The minimum Gasteiger partial charge on any atom is -0.357 e. The van der Waals surface area contributed by atoms with Crippen molar-refractivity contribution in [1.82, 2.24) is 9.97 Å². The standard InChI is InChI=1S/C23H22ClN5O2/c1-27-11-5-13-29(22-21(27)25-17-6-2-3-7-18(17)26-22)23(31)15-9-10-16(24)19(14-15)28-12-4-8-20(28)30/h2-3,6-7,9-10,14H,4-5,8,11-13H2,1H3. The summed E-state index contributed by atoms with van der Waals surface area (Å²) in [5, 5.41) is 0.466. The van der Waals surface area contributed by atoms with E-state index in [0.29, 0.717) is 47.4 Å². The zero-order valence-corrected chi connectivity index (χ0v) is 18.0. The Labute approximate surface area is 185 Å². The van der Waals surface area contributed by atoms with E-state index in [1.807, 2.05) is 36.2 Å². The summed E-state index contributed by atoms with van der Waals surface area (Å²) in [5.41, 5.74) is 2.61. The lowest BCUT2D eigenvalue weighted by atomic mass is 10.1. The molecule has 3 heterocycles. The average Bonchev–Trinajstić information content (AvgIpc) is 3.14. The largest absolute Gasteiger partial charge is 0.357 e. The number of anilines is 3. The van der Waals surface area contributed by atoms with E-state index in [0.717, 1.165) is 30.4 Å². The predicted octanol–water partition coefficient (Wildman–Crippen LogP) is 3.90. The molecule has 8 heteroatoms. The van der Waals surface area contributed by atoms with E-state index >= 15 is 0 Å². The Kier molecular flexibility index (Phi) is 4.98. The monoisotopic (exact) mass is 435 g/mol. The minimum atomic E-state index is -0.175. The van der Waals surface area contributed by atoms with Gasteiger partial charge in [0.2, 0.25) is 5.91 Å². The number of rotatable bonds is 2. The van der Waals surface area contributed by atoms with Gasteiger partial charge in [-0.3, -0.25) is 14.5 Å². The van der Waals surface area contributed by atoms with Crippen LogP contribution >= 0.6 is 11.6 Å². The van der Waals surface area contributed by atoms with Crippen LogP contribution in [0.1, 0.15) is 29.6 Å². The van der Waals surface area contributed by atoms with Gasteiger partial charge in [-0.25, -0.2) is 9.97 Å². The number of fused-ring (bicyclic) bond motifs is 2. The number of para-hydroxylation sites is 2. The van der Waals surface area contributed by atoms with Crippen LogP contribution in [-0.4, -0.2) is 48.5 Å². The number of carbonyl (C=O) groups is 2. The van der Waals surface area contributed by atoms with Gasteiger partial charge in [-0.05, 0) is 43.2 Å². The third kappa shape index (κ3) is 3.49. The van der Waals surface area contributed by atoms with Gasteiger partial charge >= 0.3 is 0 Å². The van der Waals surface area contributed by atoms with Crippen molar-refractivity contribution in [1.29, 1.82) is 0 Å². The van der Waals surface area contributed by atoms with Crippen molar-refractivity contribution in [2.45, 2.75) is 19.3 Å². The number of aromatic nitrogens is 2. The van der Waals surface area contributed by atoms with Gasteiger partial charge in [0.15, 0.2) is 11.6 Å². The second-order valence-corrected chi connectivity index (χ2v) is 8.31. The molecule has 1 fully saturated rings. The van der Waals surface area contributed by atoms with Crippen molar-refractivity contribution in [2.24, 2.45) is 0 Å². The summed E-state index contributed by atoms with van der Waals surface area (Å²) < 4.78 is 0. The smallest absolute Gasteiger partial charge is 0.259 e. The SMILES string of the molecule is CN1CCCN(C(=O)c2ccc(Cl)c(N3CCCC3=O)c2)c2nc3ccccc3nc21. The second kappa shape index (κ2) is 7.81. The number of hydrogen-bond donors (Lipinski definition) is 0. The predicted molar refractivity (Wildman–Crippen MR) is 122 cm³/mol. The molecular weight excluding hydrogens is 414 g/mol. The molecule has 7 nitrogen and oxygen atoms in total. The maximum absolute atomic E-state index is 13.6. The maximum atomic E-state index is 13.6. The highest BCUT2D eigenvalue weighted by molar-refractivity contribution is 6.34. The van der Waals surface area contributed by atoms with Crippen molar-refractivity contribution >= 4 is 51.8 Å². The van der Waals surface area contributed by atoms with Gasteiger partial charge in [0.25, 0.3) is 5.91 Å². The third-order valence-corrected chi connectivity index (χ3v) is 6.15. The van der Waals surface area contributed by atoms with Gasteiger partial charge in [0, 0.05) is 38.7 Å². The molecule has 0 unspecified atom stereocenters. The van der Waals surface area contributed by atoms with Crippen molar-refractivity contribution < 1.29 is 9.59 Å². The Hall–Kier alpha value is -3.19. The molecule has 2 aliphatic rings. The molecule has 1 aromatic heterocycles. The first-order valence-electron chi connectivity index (χ1n) is 10.4. The molecule has 0 bridgehead atoms. The molecule has 0 spiro atoms. The van der Waals surface area contributed by atoms with E-state index in [2.05, 4.69) is 0 Å². The lowest BCUT2D eigenvalue weighted by molar-refractivity contribution is -0.117. The van der Waals surface area contributed by atoms with E-state index in [9.17, 15) is 9.59 Å². The van der Waals surface area contributed by atoms with Gasteiger partial charge in [0.05, 0.1) is 21.7 Å². The molecule has 5 rings (SSSR count). The first-order valence-corrected chi connectivity index (χ1v) is 10.8. The van der Waals surface area contributed by atoms with E-state index in [1.165, 1.54) is 0 Å². The van der Waals surface area contributed by atoms with Crippen molar-refractivity contribution in [3.8, 4) is 0 Å². The van der Waals surface area contributed by atoms with Crippen LogP contribution < -0.4 is 14.7 Å². The molecule has 3 aromatic rings. The van der Waals surface area contributed by atoms with Crippen LogP contribution in [-0.2, 0) is 4.79 Å². The molecule has 0 radical (unpaired) electrons. The average molecular weight is 436 g/mol. The van der Waals surface area contributed by atoms with Crippen LogP contribution in [0.4, 0.5) is 17.3 Å². The van der Waals surface area contributed by atoms with E-state index < -0.39 is 0 Å². The van der Waals surface area contributed by atoms with Crippen LogP contribution in [0, 0.1) is 0 Å². The molecule has 0 saturated carbocycles. The maximum Gasteiger partial charge on any atom is 0.259 e. The molecule has 0 atom stereocenters. The molecule has 2 aliphatic heterocycles. The first kappa shape index (κ1) is 19.8. The van der Waals surface area contributed by atoms with Gasteiger partial charge < -0.3 is 9.80 Å². The quantitative estimate of drug-likeness (QED) is 0.610. The molecule has 2 amide bonds. The van der Waals surface area contributed by atoms with Gasteiger partial charge in [0.1, 0.15) is 0 Å². The Balaban J connectivity index is 1.57. The van der Waals surface area contributed by atoms with Crippen LogP contribution in [0.2, 0.25) is 5.02 Å². The molecule has 2 aromatic carbocycles.